The average molecular weight is 458 g/mol. The molecule has 1 aromatic heterocycles. The van der Waals surface area contributed by atoms with Crippen molar-refractivity contribution in [2.75, 3.05) is 26.3 Å². The van der Waals surface area contributed by atoms with Crippen molar-refractivity contribution in [2.24, 2.45) is 0 Å². The Hall–Kier alpha value is -1.52. The van der Waals surface area contributed by atoms with E-state index < -0.39 is 16.0 Å². The maximum Gasteiger partial charge on any atom is 0.337 e. The number of benzene rings is 1. The second kappa shape index (κ2) is 8.01. The molecule has 6 nitrogen and oxygen atoms in total. The number of carbonyl (C=O) groups is 1. The molecule has 1 fully saturated rings. The van der Waals surface area contributed by atoms with Gasteiger partial charge in [0.2, 0.25) is 0 Å². The summed E-state index contributed by atoms with van der Waals surface area (Å²) in [5.41, 5.74) is 0.775. The van der Waals surface area contributed by atoms with Crippen molar-refractivity contribution < 1.29 is 23.1 Å². The smallest absolute Gasteiger partial charge is 0.337 e. The van der Waals surface area contributed by atoms with Crippen molar-refractivity contribution >= 4 is 54.9 Å². The Morgan fingerprint density at radius 3 is 2.42 bits per heavy atom. The molecule has 3 rings (SSSR count). The van der Waals surface area contributed by atoms with Crippen LogP contribution in [-0.2, 0) is 19.6 Å². The number of rotatable bonds is 5. The molecule has 0 amide bonds. The highest BCUT2D eigenvalue weighted by Gasteiger charge is 2.28. The quantitative estimate of drug-likeness (QED) is 0.696. The van der Waals surface area contributed by atoms with Crippen molar-refractivity contribution in [1.29, 1.82) is 0 Å². The Labute approximate surface area is 163 Å². The van der Waals surface area contributed by atoms with E-state index in [0.717, 1.165) is 21.4 Å². The third kappa shape index (κ3) is 4.24. The predicted octanol–water partition coefficient (Wildman–Crippen LogP) is 3.16. The van der Waals surface area contributed by atoms with Gasteiger partial charge in [0.15, 0.2) is 0 Å². The summed E-state index contributed by atoms with van der Waals surface area (Å²) in [6, 6.07) is 10.2. The van der Waals surface area contributed by atoms with E-state index in [0.29, 0.717) is 31.2 Å². The molecule has 1 aliphatic rings. The SMILES string of the molecule is O=C(O)/C(=C\c1ccc(Br)cc1)c1ccc(S(=O)(=O)N2CCOCC2)s1. The fraction of sp³-hybridized carbons (Fsp3) is 0.235. The number of ether oxygens (including phenoxy) is 1. The van der Waals surface area contributed by atoms with Crippen LogP contribution in [0.5, 0.6) is 0 Å². The number of nitrogens with zero attached hydrogens (tertiary/aromatic N) is 1. The first-order valence-corrected chi connectivity index (χ1v) is 10.8. The molecule has 1 aromatic carbocycles. The molecule has 2 heterocycles. The van der Waals surface area contributed by atoms with Gasteiger partial charge in [0, 0.05) is 22.4 Å². The summed E-state index contributed by atoms with van der Waals surface area (Å²) in [6.07, 6.45) is 1.53. The Kier molecular flexibility index (Phi) is 5.93. The van der Waals surface area contributed by atoms with Gasteiger partial charge in [-0.3, -0.25) is 0 Å². The van der Waals surface area contributed by atoms with Crippen LogP contribution in [0.25, 0.3) is 11.6 Å². The van der Waals surface area contributed by atoms with E-state index in [1.54, 1.807) is 12.1 Å². The first-order valence-electron chi connectivity index (χ1n) is 7.76. The molecule has 0 saturated carbocycles. The van der Waals surface area contributed by atoms with Gasteiger partial charge in [0.05, 0.1) is 18.8 Å². The molecule has 0 radical (unpaired) electrons. The number of sulfonamides is 1. The van der Waals surface area contributed by atoms with Gasteiger partial charge in [0.1, 0.15) is 4.21 Å². The summed E-state index contributed by atoms with van der Waals surface area (Å²) < 4.78 is 33.0. The molecular weight excluding hydrogens is 442 g/mol. The van der Waals surface area contributed by atoms with Gasteiger partial charge >= 0.3 is 5.97 Å². The van der Waals surface area contributed by atoms with Gasteiger partial charge < -0.3 is 9.84 Å². The van der Waals surface area contributed by atoms with E-state index in [4.69, 9.17) is 4.74 Å². The molecular formula is C17H16BrNO5S2. The lowest BCUT2D eigenvalue weighted by Gasteiger charge is -2.25. The third-order valence-electron chi connectivity index (χ3n) is 3.82. The maximum absolute atomic E-state index is 12.7. The summed E-state index contributed by atoms with van der Waals surface area (Å²) in [5.74, 6) is -1.11. The molecule has 9 heteroatoms. The van der Waals surface area contributed by atoms with E-state index in [1.165, 1.54) is 22.5 Å². The lowest BCUT2D eigenvalue weighted by Crippen LogP contribution is -2.40. The van der Waals surface area contributed by atoms with Crippen molar-refractivity contribution in [3.8, 4) is 0 Å². The van der Waals surface area contributed by atoms with Gasteiger partial charge in [-0.2, -0.15) is 4.31 Å². The van der Waals surface area contributed by atoms with Crippen LogP contribution in [0.4, 0.5) is 0 Å². The first kappa shape index (κ1) is 19.2. The number of morpholine rings is 1. The first-order chi connectivity index (χ1) is 12.4. The molecule has 0 atom stereocenters. The molecule has 0 unspecified atom stereocenters. The summed E-state index contributed by atoms with van der Waals surface area (Å²) in [4.78, 5) is 12.1. The lowest BCUT2D eigenvalue weighted by molar-refractivity contribution is -0.130. The number of carboxylic acid groups (broad SMARTS) is 1. The van der Waals surface area contributed by atoms with Gasteiger partial charge in [-0.25, -0.2) is 13.2 Å². The third-order valence-corrected chi connectivity index (χ3v) is 7.84. The topological polar surface area (TPSA) is 83.9 Å². The van der Waals surface area contributed by atoms with Crippen LogP contribution in [0.3, 0.4) is 0 Å². The van der Waals surface area contributed by atoms with Crippen LogP contribution in [0.2, 0.25) is 0 Å². The molecule has 1 aliphatic heterocycles. The van der Waals surface area contributed by atoms with Crippen molar-refractivity contribution in [1.82, 2.24) is 4.31 Å². The minimum atomic E-state index is -3.63. The fourth-order valence-electron chi connectivity index (χ4n) is 2.48. The molecule has 1 saturated heterocycles. The van der Waals surface area contributed by atoms with Crippen LogP contribution in [-0.4, -0.2) is 50.1 Å². The zero-order chi connectivity index (χ0) is 18.7. The predicted molar refractivity (Wildman–Crippen MR) is 104 cm³/mol. The summed E-state index contributed by atoms with van der Waals surface area (Å²) in [6.45, 7) is 1.33. The molecule has 0 spiro atoms. The minimum absolute atomic E-state index is 0.0562. The van der Waals surface area contributed by atoms with Crippen molar-refractivity contribution in [3.05, 3.63) is 51.3 Å². The van der Waals surface area contributed by atoms with Gasteiger partial charge in [-0.15, -0.1) is 11.3 Å². The summed E-state index contributed by atoms with van der Waals surface area (Å²) >= 11 is 4.30. The molecule has 26 heavy (non-hydrogen) atoms. The van der Waals surface area contributed by atoms with E-state index in [9.17, 15) is 18.3 Å². The lowest BCUT2D eigenvalue weighted by atomic mass is 10.1. The highest BCUT2D eigenvalue weighted by atomic mass is 79.9. The Bertz CT molecular complexity index is 928. The van der Waals surface area contributed by atoms with E-state index in [-0.39, 0.29) is 9.78 Å². The van der Waals surface area contributed by atoms with Gasteiger partial charge in [-0.1, -0.05) is 28.1 Å². The van der Waals surface area contributed by atoms with Crippen molar-refractivity contribution in [3.63, 3.8) is 0 Å². The highest BCUT2D eigenvalue weighted by molar-refractivity contribution is 9.10. The number of thiophene rings is 1. The van der Waals surface area contributed by atoms with E-state index in [2.05, 4.69) is 15.9 Å². The largest absolute Gasteiger partial charge is 0.478 e. The van der Waals surface area contributed by atoms with Crippen LogP contribution < -0.4 is 0 Å². The van der Waals surface area contributed by atoms with Crippen LogP contribution >= 0.6 is 27.3 Å². The second-order valence-electron chi connectivity index (χ2n) is 5.55. The number of hydrogen-bond acceptors (Lipinski definition) is 5. The maximum atomic E-state index is 12.7. The summed E-state index contributed by atoms with van der Waals surface area (Å²) in [5, 5.41) is 9.56. The van der Waals surface area contributed by atoms with Crippen LogP contribution in [0.15, 0.2) is 45.1 Å². The number of aliphatic carboxylic acids is 1. The Balaban J connectivity index is 1.93. The van der Waals surface area contributed by atoms with Gasteiger partial charge in [-0.05, 0) is 35.9 Å². The molecule has 0 bridgehead atoms. The van der Waals surface area contributed by atoms with Crippen molar-refractivity contribution in [2.45, 2.75) is 4.21 Å². The Morgan fingerprint density at radius 1 is 1.15 bits per heavy atom. The minimum Gasteiger partial charge on any atom is -0.478 e. The zero-order valence-electron chi connectivity index (χ0n) is 13.6. The van der Waals surface area contributed by atoms with Gasteiger partial charge in [0.25, 0.3) is 10.0 Å². The van der Waals surface area contributed by atoms with Crippen LogP contribution in [0.1, 0.15) is 10.4 Å². The number of halogens is 1. The molecule has 1 N–H and O–H groups in total. The van der Waals surface area contributed by atoms with E-state index >= 15 is 0 Å². The van der Waals surface area contributed by atoms with E-state index in [1.807, 2.05) is 12.1 Å². The van der Waals surface area contributed by atoms with Crippen LogP contribution in [0, 0.1) is 0 Å². The standard InChI is InChI=1S/C17H16BrNO5S2/c18-13-3-1-12(2-4-13)11-14(17(20)21)15-5-6-16(25-15)26(22,23)19-7-9-24-10-8-19/h1-6,11H,7-10H2,(H,20,21)/b14-11-. The second-order valence-corrected chi connectivity index (χ2v) is 9.71. The highest BCUT2D eigenvalue weighted by Crippen LogP contribution is 2.31. The normalized spacial score (nSPS) is 16.6. The average Bonchev–Trinajstić information content (AvgIpc) is 3.12. The monoisotopic (exact) mass is 457 g/mol. The molecule has 138 valence electrons. The Morgan fingerprint density at radius 2 is 1.81 bits per heavy atom. The number of carboxylic acids is 1. The fourth-order valence-corrected chi connectivity index (χ4v) is 5.62. The molecule has 0 aliphatic carbocycles. The molecule has 2 aromatic rings. The summed E-state index contributed by atoms with van der Waals surface area (Å²) in [7, 11) is -3.63. The zero-order valence-corrected chi connectivity index (χ0v) is 16.8. The number of hydrogen-bond donors (Lipinski definition) is 1.